The van der Waals surface area contributed by atoms with E-state index in [2.05, 4.69) is 0 Å². The summed E-state index contributed by atoms with van der Waals surface area (Å²) >= 11 is 0. The van der Waals surface area contributed by atoms with E-state index in [1.807, 2.05) is 19.9 Å². The van der Waals surface area contributed by atoms with Crippen LogP contribution in [0, 0.1) is 5.92 Å². The Balaban J connectivity index is 2.64. The number of rotatable bonds is 5. The molecule has 1 N–H and O–H groups in total. The molecule has 86 valence electrons. The number of carbonyl (C=O) groups excluding carboxylic acids is 1. The van der Waals surface area contributed by atoms with Crippen molar-refractivity contribution in [2.45, 2.75) is 26.7 Å². The standard InChI is InChI=1S/C13H16O3/c1-9(2)12(14)7-6-10-4-3-5-11(8-10)13(15)16/h3-5,8-9H,6-7H2,1-2H3,(H,15,16). The summed E-state index contributed by atoms with van der Waals surface area (Å²) in [7, 11) is 0. The number of benzene rings is 1. The van der Waals surface area contributed by atoms with Crippen LogP contribution in [0.15, 0.2) is 24.3 Å². The van der Waals surface area contributed by atoms with Crippen LogP contribution in [0.5, 0.6) is 0 Å². The summed E-state index contributed by atoms with van der Waals surface area (Å²) in [5.74, 6) is -0.680. The monoisotopic (exact) mass is 220 g/mol. The van der Waals surface area contributed by atoms with Gasteiger partial charge in [-0.1, -0.05) is 26.0 Å². The molecule has 0 radical (unpaired) electrons. The Morgan fingerprint density at radius 3 is 2.56 bits per heavy atom. The van der Waals surface area contributed by atoms with Gasteiger partial charge in [0.1, 0.15) is 5.78 Å². The van der Waals surface area contributed by atoms with Crippen LogP contribution in [0.4, 0.5) is 0 Å². The SMILES string of the molecule is CC(C)C(=O)CCc1cccc(C(=O)O)c1. The number of hydrogen-bond acceptors (Lipinski definition) is 2. The average molecular weight is 220 g/mol. The van der Waals surface area contributed by atoms with Crippen molar-refractivity contribution in [3.8, 4) is 0 Å². The summed E-state index contributed by atoms with van der Waals surface area (Å²) in [6.07, 6.45) is 1.08. The zero-order valence-corrected chi connectivity index (χ0v) is 9.56. The van der Waals surface area contributed by atoms with E-state index in [0.29, 0.717) is 12.8 Å². The molecule has 16 heavy (non-hydrogen) atoms. The molecule has 3 heteroatoms. The maximum atomic E-state index is 11.4. The average Bonchev–Trinajstić information content (AvgIpc) is 2.26. The van der Waals surface area contributed by atoms with Crippen LogP contribution in [-0.4, -0.2) is 16.9 Å². The Bertz CT molecular complexity index is 394. The van der Waals surface area contributed by atoms with E-state index in [4.69, 9.17) is 5.11 Å². The fraction of sp³-hybridized carbons (Fsp3) is 0.385. The smallest absolute Gasteiger partial charge is 0.335 e. The molecule has 1 aromatic rings. The van der Waals surface area contributed by atoms with Crippen molar-refractivity contribution in [3.05, 3.63) is 35.4 Å². The second-order valence-corrected chi connectivity index (χ2v) is 4.13. The number of aromatic carboxylic acids is 1. The molecule has 0 aliphatic rings. The highest BCUT2D eigenvalue weighted by Crippen LogP contribution is 2.09. The van der Waals surface area contributed by atoms with Crippen molar-refractivity contribution < 1.29 is 14.7 Å². The maximum absolute atomic E-state index is 11.4. The summed E-state index contributed by atoms with van der Waals surface area (Å²) in [6.45, 7) is 3.74. The Kier molecular flexibility index (Phi) is 4.23. The van der Waals surface area contributed by atoms with Crippen molar-refractivity contribution in [2.24, 2.45) is 5.92 Å². The van der Waals surface area contributed by atoms with Gasteiger partial charge in [0.25, 0.3) is 0 Å². The van der Waals surface area contributed by atoms with Gasteiger partial charge < -0.3 is 5.11 Å². The molecule has 1 rings (SSSR count). The number of aryl methyl sites for hydroxylation is 1. The minimum atomic E-state index is -0.933. The summed E-state index contributed by atoms with van der Waals surface area (Å²) in [5, 5.41) is 8.81. The van der Waals surface area contributed by atoms with Gasteiger partial charge in [-0.3, -0.25) is 4.79 Å². The molecule has 0 saturated heterocycles. The molecular weight excluding hydrogens is 204 g/mol. The van der Waals surface area contributed by atoms with Crippen LogP contribution in [0.1, 0.15) is 36.2 Å². The van der Waals surface area contributed by atoms with Crippen molar-refractivity contribution in [1.29, 1.82) is 0 Å². The summed E-state index contributed by atoms with van der Waals surface area (Å²) in [4.78, 5) is 22.2. The molecule has 0 fully saturated rings. The third-order valence-electron chi connectivity index (χ3n) is 2.48. The van der Waals surface area contributed by atoms with Crippen LogP contribution in [0.25, 0.3) is 0 Å². The first-order valence-electron chi connectivity index (χ1n) is 5.35. The number of carboxylic acids is 1. The van der Waals surface area contributed by atoms with E-state index in [9.17, 15) is 9.59 Å². The minimum absolute atomic E-state index is 0.0441. The van der Waals surface area contributed by atoms with E-state index in [-0.39, 0.29) is 17.3 Å². The predicted octanol–water partition coefficient (Wildman–Crippen LogP) is 2.54. The van der Waals surface area contributed by atoms with Crippen LogP contribution < -0.4 is 0 Å². The van der Waals surface area contributed by atoms with Gasteiger partial charge in [0, 0.05) is 12.3 Å². The van der Waals surface area contributed by atoms with Crippen molar-refractivity contribution >= 4 is 11.8 Å². The van der Waals surface area contributed by atoms with Crippen molar-refractivity contribution in [1.82, 2.24) is 0 Å². The van der Waals surface area contributed by atoms with Gasteiger partial charge in [-0.25, -0.2) is 4.79 Å². The zero-order valence-electron chi connectivity index (χ0n) is 9.56. The quantitative estimate of drug-likeness (QED) is 0.829. The van der Waals surface area contributed by atoms with Gasteiger partial charge in [0.15, 0.2) is 0 Å². The highest BCUT2D eigenvalue weighted by atomic mass is 16.4. The van der Waals surface area contributed by atoms with Gasteiger partial charge in [-0.2, -0.15) is 0 Å². The van der Waals surface area contributed by atoms with E-state index >= 15 is 0 Å². The minimum Gasteiger partial charge on any atom is -0.478 e. The first kappa shape index (κ1) is 12.4. The second kappa shape index (κ2) is 5.45. The van der Waals surface area contributed by atoms with Gasteiger partial charge in [-0.05, 0) is 24.1 Å². The van der Waals surface area contributed by atoms with E-state index in [0.717, 1.165) is 5.56 Å². The molecule has 0 aromatic heterocycles. The largest absolute Gasteiger partial charge is 0.478 e. The van der Waals surface area contributed by atoms with Gasteiger partial charge in [0.05, 0.1) is 5.56 Å². The number of carboxylic acid groups (broad SMARTS) is 1. The summed E-state index contributed by atoms with van der Waals surface area (Å²) in [5.41, 5.74) is 1.17. The van der Waals surface area contributed by atoms with Crippen molar-refractivity contribution in [3.63, 3.8) is 0 Å². The number of carbonyl (C=O) groups is 2. The van der Waals surface area contributed by atoms with E-state index in [1.54, 1.807) is 18.2 Å². The molecule has 0 spiro atoms. The first-order chi connectivity index (χ1) is 7.50. The van der Waals surface area contributed by atoms with Gasteiger partial charge >= 0.3 is 5.97 Å². The van der Waals surface area contributed by atoms with Crippen LogP contribution in [-0.2, 0) is 11.2 Å². The lowest BCUT2D eigenvalue weighted by Crippen LogP contribution is -2.08. The van der Waals surface area contributed by atoms with Crippen LogP contribution >= 0.6 is 0 Å². The van der Waals surface area contributed by atoms with Crippen LogP contribution in [0.2, 0.25) is 0 Å². The lowest BCUT2D eigenvalue weighted by Gasteiger charge is -2.04. The molecule has 0 amide bonds. The normalized spacial score (nSPS) is 10.4. The van der Waals surface area contributed by atoms with Crippen molar-refractivity contribution in [2.75, 3.05) is 0 Å². The molecular formula is C13H16O3. The summed E-state index contributed by atoms with van der Waals surface area (Å²) in [6, 6.07) is 6.73. The highest BCUT2D eigenvalue weighted by molar-refractivity contribution is 5.87. The predicted molar refractivity (Wildman–Crippen MR) is 61.6 cm³/mol. The molecule has 0 aliphatic heterocycles. The molecule has 0 heterocycles. The second-order valence-electron chi connectivity index (χ2n) is 4.13. The molecule has 3 nitrogen and oxygen atoms in total. The molecule has 0 atom stereocenters. The third kappa shape index (κ3) is 3.50. The molecule has 1 aromatic carbocycles. The lowest BCUT2D eigenvalue weighted by atomic mass is 10.00. The van der Waals surface area contributed by atoms with E-state index in [1.165, 1.54) is 0 Å². The number of ketones is 1. The third-order valence-corrected chi connectivity index (χ3v) is 2.48. The topological polar surface area (TPSA) is 54.4 Å². The molecule has 0 aliphatic carbocycles. The van der Waals surface area contributed by atoms with E-state index < -0.39 is 5.97 Å². The molecule has 0 unspecified atom stereocenters. The Morgan fingerprint density at radius 1 is 1.31 bits per heavy atom. The lowest BCUT2D eigenvalue weighted by molar-refractivity contribution is -0.121. The van der Waals surface area contributed by atoms with Gasteiger partial charge in [0.2, 0.25) is 0 Å². The number of Topliss-reactive ketones (excluding diaryl/α,β-unsaturated/α-hetero) is 1. The zero-order chi connectivity index (χ0) is 12.1. The Hall–Kier alpha value is -1.64. The van der Waals surface area contributed by atoms with Crippen LogP contribution in [0.3, 0.4) is 0 Å². The molecule has 0 saturated carbocycles. The molecule has 0 bridgehead atoms. The first-order valence-corrected chi connectivity index (χ1v) is 5.35. The van der Waals surface area contributed by atoms with Gasteiger partial charge in [-0.15, -0.1) is 0 Å². The highest BCUT2D eigenvalue weighted by Gasteiger charge is 2.08. The Morgan fingerprint density at radius 2 is 2.00 bits per heavy atom. The number of hydrogen-bond donors (Lipinski definition) is 1. The fourth-order valence-corrected chi connectivity index (χ4v) is 1.42. The summed E-state index contributed by atoms with van der Waals surface area (Å²) < 4.78 is 0. The fourth-order valence-electron chi connectivity index (χ4n) is 1.42. The maximum Gasteiger partial charge on any atom is 0.335 e. The Labute approximate surface area is 95.1 Å².